The van der Waals surface area contributed by atoms with Crippen LogP contribution in [0.5, 0.6) is 0 Å². The lowest BCUT2D eigenvalue weighted by Crippen LogP contribution is -2.30. The zero-order valence-electron chi connectivity index (χ0n) is 10.5. The third-order valence-corrected chi connectivity index (χ3v) is 3.34. The molecule has 2 rings (SSSR count). The topological polar surface area (TPSA) is 58.9 Å². The molecule has 0 aliphatic heterocycles. The normalized spacial score (nSPS) is 12.9. The zero-order valence-corrected chi connectivity index (χ0v) is 10.5. The van der Waals surface area contributed by atoms with Gasteiger partial charge in [-0.1, -0.05) is 0 Å². The summed E-state index contributed by atoms with van der Waals surface area (Å²) < 4.78 is 0. The first-order valence-corrected chi connectivity index (χ1v) is 5.82. The van der Waals surface area contributed by atoms with Crippen molar-refractivity contribution in [3.8, 4) is 0 Å². The monoisotopic (exact) mass is 230 g/mol. The van der Waals surface area contributed by atoms with Crippen LogP contribution in [0.15, 0.2) is 18.3 Å². The Morgan fingerprint density at radius 1 is 1.35 bits per heavy atom. The number of aryl methyl sites for hydroxylation is 2. The van der Waals surface area contributed by atoms with Gasteiger partial charge in [0.15, 0.2) is 0 Å². The summed E-state index contributed by atoms with van der Waals surface area (Å²) in [6, 6.07) is 3.88. The van der Waals surface area contributed by atoms with Crippen molar-refractivity contribution < 1.29 is 4.79 Å². The fourth-order valence-corrected chi connectivity index (χ4v) is 1.99. The molecule has 1 aromatic carbocycles. The van der Waals surface area contributed by atoms with Crippen LogP contribution in [0.25, 0.3) is 10.9 Å². The van der Waals surface area contributed by atoms with E-state index in [2.05, 4.69) is 31.0 Å². The molecule has 0 saturated carbocycles. The molecule has 1 unspecified atom stereocenters. The predicted molar refractivity (Wildman–Crippen MR) is 70.1 cm³/mol. The molecule has 0 saturated heterocycles. The van der Waals surface area contributed by atoms with E-state index in [1.165, 1.54) is 23.4 Å². The fourth-order valence-electron chi connectivity index (χ4n) is 1.99. The molecule has 1 aromatic heterocycles. The maximum atomic E-state index is 11.2. The molecule has 0 bridgehead atoms. The molecule has 1 atom stereocenters. The molecule has 2 aromatic rings. The number of benzene rings is 1. The summed E-state index contributed by atoms with van der Waals surface area (Å²) in [7, 11) is 0. The lowest BCUT2D eigenvalue weighted by molar-refractivity contribution is -0.118. The summed E-state index contributed by atoms with van der Waals surface area (Å²) in [5, 5.41) is 1.17. The Morgan fingerprint density at radius 2 is 2.00 bits per heavy atom. The first-order valence-electron chi connectivity index (χ1n) is 5.82. The van der Waals surface area contributed by atoms with Crippen molar-refractivity contribution in [2.24, 2.45) is 5.73 Å². The average Bonchev–Trinajstić information content (AvgIpc) is 2.62. The summed E-state index contributed by atoms with van der Waals surface area (Å²) in [5.74, 6) is 0.0307. The number of nitrogens with two attached hydrogens (primary N) is 1. The lowest BCUT2D eigenvalue weighted by Gasteiger charge is -2.07. The Balaban J connectivity index is 2.42. The van der Waals surface area contributed by atoms with Gasteiger partial charge in [-0.05, 0) is 56.0 Å². The standard InChI is InChI=1S/C14H18N2O/c1-8-4-12-11(6-13(15)10(3)17)7-16-14(12)5-9(8)2/h4-5,7,13,16H,6,15H2,1-3H3. The summed E-state index contributed by atoms with van der Waals surface area (Å²) in [6.07, 6.45) is 2.55. The number of carbonyl (C=O) groups excluding carboxylic acids is 1. The van der Waals surface area contributed by atoms with Gasteiger partial charge in [-0.25, -0.2) is 0 Å². The van der Waals surface area contributed by atoms with Crippen LogP contribution in [0.4, 0.5) is 0 Å². The van der Waals surface area contributed by atoms with Gasteiger partial charge in [0.2, 0.25) is 0 Å². The quantitative estimate of drug-likeness (QED) is 0.849. The second-order valence-corrected chi connectivity index (χ2v) is 4.72. The largest absolute Gasteiger partial charge is 0.361 e. The molecule has 3 heteroatoms. The maximum Gasteiger partial charge on any atom is 0.146 e. The van der Waals surface area contributed by atoms with Gasteiger partial charge >= 0.3 is 0 Å². The minimum atomic E-state index is -0.407. The van der Waals surface area contributed by atoms with E-state index in [1.807, 2.05) is 6.20 Å². The number of hydrogen-bond acceptors (Lipinski definition) is 2. The second-order valence-electron chi connectivity index (χ2n) is 4.72. The van der Waals surface area contributed by atoms with Gasteiger partial charge in [-0.15, -0.1) is 0 Å². The van der Waals surface area contributed by atoms with Crippen molar-refractivity contribution >= 4 is 16.7 Å². The van der Waals surface area contributed by atoms with Crippen molar-refractivity contribution in [2.75, 3.05) is 0 Å². The van der Waals surface area contributed by atoms with Gasteiger partial charge in [-0.3, -0.25) is 4.79 Å². The summed E-state index contributed by atoms with van der Waals surface area (Å²) in [4.78, 5) is 14.4. The van der Waals surface area contributed by atoms with Gasteiger partial charge in [-0.2, -0.15) is 0 Å². The van der Waals surface area contributed by atoms with Gasteiger partial charge < -0.3 is 10.7 Å². The van der Waals surface area contributed by atoms with Crippen LogP contribution >= 0.6 is 0 Å². The number of ketones is 1. The maximum absolute atomic E-state index is 11.2. The highest BCUT2D eigenvalue weighted by molar-refractivity contribution is 5.87. The Kier molecular flexibility index (Phi) is 3.03. The van der Waals surface area contributed by atoms with Crippen LogP contribution in [-0.2, 0) is 11.2 Å². The van der Waals surface area contributed by atoms with Crippen molar-refractivity contribution in [3.63, 3.8) is 0 Å². The number of H-pyrrole nitrogens is 1. The summed E-state index contributed by atoms with van der Waals surface area (Å²) >= 11 is 0. The minimum Gasteiger partial charge on any atom is -0.361 e. The third-order valence-electron chi connectivity index (χ3n) is 3.34. The molecule has 0 spiro atoms. The third kappa shape index (κ3) is 2.24. The SMILES string of the molecule is CC(=O)C(N)Cc1c[nH]c2cc(C)c(C)cc12. The first-order chi connectivity index (χ1) is 7.99. The predicted octanol–water partition coefficient (Wildman–Crippen LogP) is 2.24. The van der Waals surface area contributed by atoms with Gasteiger partial charge in [0.25, 0.3) is 0 Å². The number of nitrogens with one attached hydrogen (secondary N) is 1. The fraction of sp³-hybridized carbons (Fsp3) is 0.357. The molecule has 0 aliphatic rings. The number of fused-ring (bicyclic) bond motifs is 1. The number of hydrogen-bond donors (Lipinski definition) is 2. The smallest absolute Gasteiger partial charge is 0.146 e. The number of carbonyl (C=O) groups is 1. The minimum absolute atomic E-state index is 0.0307. The molecule has 17 heavy (non-hydrogen) atoms. The average molecular weight is 230 g/mol. The number of aromatic nitrogens is 1. The van der Waals surface area contributed by atoms with Crippen LogP contribution in [0.1, 0.15) is 23.6 Å². The molecule has 3 N–H and O–H groups in total. The Labute approximate surface area is 101 Å². The van der Waals surface area contributed by atoms with Crippen LogP contribution in [0.2, 0.25) is 0 Å². The van der Waals surface area contributed by atoms with Crippen molar-refractivity contribution in [3.05, 3.63) is 35.0 Å². The van der Waals surface area contributed by atoms with E-state index in [4.69, 9.17) is 5.73 Å². The zero-order chi connectivity index (χ0) is 12.6. The molecule has 0 aliphatic carbocycles. The van der Waals surface area contributed by atoms with Crippen LogP contribution in [-0.4, -0.2) is 16.8 Å². The summed E-state index contributed by atoms with van der Waals surface area (Å²) in [5.41, 5.74) is 10.6. The van der Waals surface area contributed by atoms with Gasteiger partial charge in [0.05, 0.1) is 6.04 Å². The highest BCUT2D eigenvalue weighted by Crippen LogP contribution is 2.23. The molecule has 1 heterocycles. The Bertz CT molecular complexity index is 569. The number of rotatable bonds is 3. The van der Waals surface area contributed by atoms with E-state index >= 15 is 0 Å². The van der Waals surface area contributed by atoms with Crippen molar-refractivity contribution in [1.29, 1.82) is 0 Å². The van der Waals surface area contributed by atoms with E-state index in [1.54, 1.807) is 0 Å². The number of Topliss-reactive ketones (excluding diaryl/α,β-unsaturated/α-hetero) is 1. The highest BCUT2D eigenvalue weighted by atomic mass is 16.1. The van der Waals surface area contributed by atoms with E-state index in [9.17, 15) is 4.79 Å². The van der Waals surface area contributed by atoms with E-state index in [0.717, 1.165) is 11.1 Å². The molecule has 0 radical (unpaired) electrons. The molecule has 3 nitrogen and oxygen atoms in total. The van der Waals surface area contributed by atoms with Gasteiger partial charge in [0, 0.05) is 17.1 Å². The Hall–Kier alpha value is -1.61. The van der Waals surface area contributed by atoms with Crippen LogP contribution < -0.4 is 5.73 Å². The molecular formula is C14H18N2O. The second kappa shape index (κ2) is 4.34. The highest BCUT2D eigenvalue weighted by Gasteiger charge is 2.12. The van der Waals surface area contributed by atoms with Crippen LogP contribution in [0, 0.1) is 13.8 Å². The molecule has 0 fully saturated rings. The van der Waals surface area contributed by atoms with E-state index < -0.39 is 6.04 Å². The summed E-state index contributed by atoms with van der Waals surface area (Å²) in [6.45, 7) is 5.72. The van der Waals surface area contributed by atoms with Crippen molar-refractivity contribution in [1.82, 2.24) is 4.98 Å². The molecule has 90 valence electrons. The van der Waals surface area contributed by atoms with Crippen LogP contribution in [0.3, 0.4) is 0 Å². The van der Waals surface area contributed by atoms with E-state index in [-0.39, 0.29) is 5.78 Å². The first kappa shape index (κ1) is 11.9. The molecule has 0 amide bonds. The Morgan fingerprint density at radius 3 is 2.65 bits per heavy atom. The van der Waals surface area contributed by atoms with E-state index in [0.29, 0.717) is 6.42 Å². The molecular weight excluding hydrogens is 212 g/mol. The number of aromatic amines is 1. The lowest BCUT2D eigenvalue weighted by atomic mass is 10.0. The van der Waals surface area contributed by atoms with Gasteiger partial charge in [0.1, 0.15) is 5.78 Å². The van der Waals surface area contributed by atoms with Crippen molar-refractivity contribution in [2.45, 2.75) is 33.2 Å².